The summed E-state index contributed by atoms with van der Waals surface area (Å²) in [4.78, 5) is 41.8. The summed E-state index contributed by atoms with van der Waals surface area (Å²) in [5, 5.41) is 0.185. The van der Waals surface area contributed by atoms with Gasteiger partial charge in [0.2, 0.25) is 11.8 Å². The fraction of sp³-hybridized carbons (Fsp3) is 0.296. The molecule has 1 aliphatic rings. The van der Waals surface area contributed by atoms with E-state index in [1.807, 2.05) is 18.4 Å². The summed E-state index contributed by atoms with van der Waals surface area (Å²) in [6.45, 7) is 3.89. The first-order valence-electron chi connectivity index (χ1n) is 12.2. The van der Waals surface area contributed by atoms with Crippen LogP contribution < -0.4 is 19.9 Å². The minimum Gasteiger partial charge on any atom is -0.480 e. The number of pyridine rings is 1. The van der Waals surface area contributed by atoms with E-state index in [4.69, 9.17) is 37.7 Å². The third-order valence-electron chi connectivity index (χ3n) is 6.64. The van der Waals surface area contributed by atoms with E-state index in [0.29, 0.717) is 28.3 Å². The van der Waals surface area contributed by atoms with Crippen LogP contribution in [0.1, 0.15) is 42.9 Å². The van der Waals surface area contributed by atoms with Gasteiger partial charge in [-0.05, 0) is 37.6 Å². The van der Waals surface area contributed by atoms with Gasteiger partial charge in [-0.3, -0.25) is 14.5 Å². The number of amides is 1. The van der Waals surface area contributed by atoms with E-state index in [9.17, 15) is 14.0 Å². The highest BCUT2D eigenvalue weighted by Gasteiger charge is 2.41. The van der Waals surface area contributed by atoms with Gasteiger partial charge in [-0.1, -0.05) is 29.3 Å². The first-order valence-corrected chi connectivity index (χ1v) is 13.0. The molecule has 0 saturated carbocycles. The first-order chi connectivity index (χ1) is 19.0. The number of halogens is 3. The summed E-state index contributed by atoms with van der Waals surface area (Å²) in [6.07, 6.45) is 2.86. The minimum absolute atomic E-state index is 0.0504. The Hall–Kier alpha value is -3.96. The number of aryl methyl sites for hydroxylation is 1. The number of rotatable bonds is 6. The van der Waals surface area contributed by atoms with Gasteiger partial charge in [-0.15, -0.1) is 0 Å². The molecule has 13 heteroatoms. The number of benzene rings is 1. The molecule has 0 saturated heterocycles. The van der Waals surface area contributed by atoms with Crippen LogP contribution in [0.4, 0.5) is 10.1 Å². The van der Waals surface area contributed by atoms with Crippen LogP contribution in [0.25, 0.3) is 11.4 Å². The highest BCUT2D eigenvalue weighted by atomic mass is 35.5. The molecule has 0 N–H and O–H groups in total. The normalized spacial score (nSPS) is 15.0. The minimum atomic E-state index is -0.942. The van der Waals surface area contributed by atoms with Crippen LogP contribution in [-0.4, -0.2) is 44.2 Å². The molecule has 0 radical (unpaired) electrons. The summed E-state index contributed by atoms with van der Waals surface area (Å²) in [5.41, 5.74) is 1.51. The predicted octanol–water partition coefficient (Wildman–Crippen LogP) is 4.76. The molecule has 4 heterocycles. The molecule has 40 heavy (non-hydrogen) atoms. The number of aromatic nitrogens is 5. The van der Waals surface area contributed by atoms with Gasteiger partial charge in [0.15, 0.2) is 0 Å². The van der Waals surface area contributed by atoms with Crippen LogP contribution in [-0.2, 0) is 18.3 Å². The summed E-state index contributed by atoms with van der Waals surface area (Å²) >= 11 is 12.3. The molecule has 0 fully saturated rings. The highest BCUT2D eigenvalue weighted by molar-refractivity contribution is 6.31. The first kappa shape index (κ1) is 27.6. The maximum absolute atomic E-state index is 14.9. The molecule has 3 aromatic heterocycles. The lowest BCUT2D eigenvalue weighted by Crippen LogP contribution is -2.45. The molecule has 0 spiro atoms. The zero-order valence-corrected chi connectivity index (χ0v) is 23.8. The van der Waals surface area contributed by atoms with E-state index in [2.05, 4.69) is 9.97 Å². The standard InChI is InChI=1S/C27H25Cl2FN6O4/c1-13(2)35-23-19(32-24(35)16-11-31-27(40-5)33-25(16)39-4)10-21(37)36(20-9-15(28)12-34(3)26(20)38)22(23)14-6-7-17(29)18(30)8-14/h6-9,11-13,22H,10H2,1-5H3. The molecule has 208 valence electrons. The Morgan fingerprint density at radius 1 is 1.10 bits per heavy atom. The van der Waals surface area contributed by atoms with Gasteiger partial charge in [0.1, 0.15) is 23.4 Å². The molecule has 1 amide bonds. The smallest absolute Gasteiger partial charge is 0.319 e. The Balaban J connectivity index is 1.84. The maximum atomic E-state index is 14.9. The summed E-state index contributed by atoms with van der Waals surface area (Å²) in [6, 6.07) is 4.69. The molecule has 1 atom stereocenters. The van der Waals surface area contributed by atoms with Crippen molar-refractivity contribution in [1.82, 2.24) is 24.1 Å². The molecular formula is C27H25Cl2FN6O4. The van der Waals surface area contributed by atoms with Gasteiger partial charge in [0.25, 0.3) is 5.56 Å². The van der Waals surface area contributed by atoms with E-state index in [0.717, 1.165) is 0 Å². The Bertz CT molecular complexity index is 1700. The van der Waals surface area contributed by atoms with E-state index in [-0.39, 0.29) is 40.1 Å². The van der Waals surface area contributed by atoms with Gasteiger partial charge in [0, 0.05) is 25.5 Å². The third-order valence-corrected chi connectivity index (χ3v) is 7.16. The Labute approximate surface area is 238 Å². The maximum Gasteiger partial charge on any atom is 0.319 e. The SMILES string of the molecule is COc1ncc(-c2nc3c(n2C(C)C)C(c2ccc(Cl)c(F)c2)N(c2cc(Cl)cn(C)c2=O)C(=O)C3)c(OC)n1. The number of ether oxygens (including phenoxy) is 2. The van der Waals surface area contributed by atoms with Crippen molar-refractivity contribution in [2.75, 3.05) is 19.1 Å². The molecule has 0 bridgehead atoms. The fourth-order valence-corrected chi connectivity index (χ4v) is 5.33. The number of carbonyl (C=O) groups excluding carboxylic acids is 1. The predicted molar refractivity (Wildman–Crippen MR) is 148 cm³/mol. The van der Waals surface area contributed by atoms with Crippen LogP contribution in [0, 0.1) is 5.82 Å². The van der Waals surface area contributed by atoms with Crippen LogP contribution >= 0.6 is 23.2 Å². The zero-order valence-electron chi connectivity index (χ0n) is 22.3. The molecule has 1 aliphatic heterocycles. The Morgan fingerprint density at radius 3 is 2.50 bits per heavy atom. The van der Waals surface area contributed by atoms with Gasteiger partial charge in [-0.2, -0.15) is 4.98 Å². The molecule has 4 aromatic rings. The number of carbonyl (C=O) groups is 1. The summed E-state index contributed by atoms with van der Waals surface area (Å²) in [5.74, 6) is -0.423. The van der Waals surface area contributed by atoms with Crippen LogP contribution in [0.2, 0.25) is 10.0 Å². The lowest BCUT2D eigenvalue weighted by atomic mass is 9.93. The van der Waals surface area contributed by atoms with Crippen molar-refractivity contribution in [3.63, 3.8) is 0 Å². The van der Waals surface area contributed by atoms with Gasteiger partial charge in [-0.25, -0.2) is 14.4 Å². The van der Waals surface area contributed by atoms with Crippen LogP contribution in [0.5, 0.6) is 11.9 Å². The number of anilines is 1. The van der Waals surface area contributed by atoms with Crippen LogP contribution in [0.3, 0.4) is 0 Å². The molecule has 10 nitrogen and oxygen atoms in total. The van der Waals surface area contributed by atoms with Crippen molar-refractivity contribution in [3.8, 4) is 23.3 Å². The van der Waals surface area contributed by atoms with Crippen molar-refractivity contribution in [2.24, 2.45) is 7.05 Å². The van der Waals surface area contributed by atoms with Crippen molar-refractivity contribution < 1.29 is 18.7 Å². The van der Waals surface area contributed by atoms with Crippen molar-refractivity contribution in [1.29, 1.82) is 0 Å². The molecule has 1 unspecified atom stereocenters. The second kappa shape index (κ2) is 10.5. The van der Waals surface area contributed by atoms with Crippen molar-refractivity contribution >= 4 is 34.8 Å². The number of methoxy groups -OCH3 is 2. The largest absolute Gasteiger partial charge is 0.480 e. The monoisotopic (exact) mass is 586 g/mol. The van der Waals surface area contributed by atoms with Crippen LogP contribution in [0.15, 0.2) is 41.5 Å². The average Bonchev–Trinajstić information content (AvgIpc) is 3.30. The highest BCUT2D eigenvalue weighted by Crippen LogP contribution is 2.43. The summed E-state index contributed by atoms with van der Waals surface area (Å²) < 4.78 is 28.7. The number of hydrogen-bond acceptors (Lipinski definition) is 7. The Kier molecular flexibility index (Phi) is 7.28. The average molecular weight is 587 g/mol. The fourth-order valence-electron chi connectivity index (χ4n) is 4.97. The number of hydrogen-bond donors (Lipinski definition) is 0. The number of fused-ring (bicyclic) bond motifs is 1. The number of imidazole rings is 1. The van der Waals surface area contributed by atoms with Crippen molar-refractivity contribution in [3.05, 3.63) is 79.8 Å². The lowest BCUT2D eigenvalue weighted by Gasteiger charge is -2.37. The van der Waals surface area contributed by atoms with Gasteiger partial charge >= 0.3 is 6.01 Å². The Morgan fingerprint density at radius 2 is 1.85 bits per heavy atom. The van der Waals surface area contributed by atoms with Gasteiger partial charge < -0.3 is 18.6 Å². The zero-order chi connectivity index (χ0) is 28.9. The molecule has 0 aliphatic carbocycles. The lowest BCUT2D eigenvalue weighted by molar-refractivity contribution is -0.118. The van der Waals surface area contributed by atoms with E-state index < -0.39 is 23.3 Å². The van der Waals surface area contributed by atoms with E-state index in [1.165, 1.54) is 54.3 Å². The quantitative estimate of drug-likeness (QED) is 0.321. The molecule has 5 rings (SSSR count). The number of nitrogens with zero attached hydrogens (tertiary/aromatic N) is 6. The van der Waals surface area contributed by atoms with E-state index >= 15 is 0 Å². The van der Waals surface area contributed by atoms with Gasteiger partial charge in [0.05, 0.1) is 47.6 Å². The second-order valence-electron chi connectivity index (χ2n) is 9.49. The topological polar surface area (TPSA) is 104 Å². The molecule has 1 aromatic carbocycles. The van der Waals surface area contributed by atoms with E-state index in [1.54, 1.807) is 13.1 Å². The summed E-state index contributed by atoms with van der Waals surface area (Å²) in [7, 11) is 4.45. The molecular weight excluding hydrogens is 562 g/mol. The third kappa shape index (κ3) is 4.58. The second-order valence-corrected chi connectivity index (χ2v) is 10.3. The van der Waals surface area contributed by atoms with Crippen molar-refractivity contribution in [2.45, 2.75) is 32.4 Å².